The second kappa shape index (κ2) is 12.3. The molecule has 11 heteroatoms. The molecule has 4 aromatic rings. The molecular weight excluding hydrogens is 583 g/mol. The zero-order valence-corrected chi connectivity index (χ0v) is 25.3. The van der Waals surface area contributed by atoms with E-state index in [1.807, 2.05) is 42.5 Å². The molecule has 0 aliphatic carbocycles. The van der Waals surface area contributed by atoms with Crippen LogP contribution in [0.5, 0.6) is 0 Å². The number of benzene rings is 3. The SMILES string of the molecule is CC(C)(C)OC(=O)CN(c1ccc2cc(-c3nccc(N4CCOCC4)n3)ccc2c1)S(=O)c1cc(Cl)cc(Cl)c1. The van der Waals surface area contributed by atoms with E-state index in [4.69, 9.17) is 37.7 Å². The maximum absolute atomic E-state index is 13.8. The van der Waals surface area contributed by atoms with Crippen molar-refractivity contribution in [2.45, 2.75) is 31.3 Å². The van der Waals surface area contributed by atoms with Crippen molar-refractivity contribution < 1.29 is 18.5 Å². The molecule has 2 heterocycles. The third kappa shape index (κ3) is 7.35. The Hall–Kier alpha value is -3.24. The first kappa shape index (κ1) is 29.3. The standard InChI is InChI=1S/C30H30Cl2N4O4S/c1-30(2,3)40-28(37)19-36(41(38)26-17-23(31)16-24(32)18-26)25-7-6-20-14-22(5-4-21(20)15-25)29-33-9-8-27(34-29)35-10-12-39-13-11-35/h4-9,14-18H,10-13,19H2,1-3H3. The maximum atomic E-state index is 13.8. The smallest absolute Gasteiger partial charge is 0.327 e. The highest BCUT2D eigenvalue weighted by Gasteiger charge is 2.25. The highest BCUT2D eigenvalue weighted by molar-refractivity contribution is 7.86. The summed E-state index contributed by atoms with van der Waals surface area (Å²) in [5.41, 5.74) is 0.768. The van der Waals surface area contributed by atoms with Gasteiger partial charge in [0.1, 0.15) is 18.0 Å². The number of fused-ring (bicyclic) bond motifs is 1. The number of esters is 1. The molecule has 1 aliphatic rings. The molecule has 1 atom stereocenters. The van der Waals surface area contributed by atoms with E-state index < -0.39 is 22.6 Å². The molecule has 41 heavy (non-hydrogen) atoms. The Labute approximate surface area is 251 Å². The zero-order valence-electron chi connectivity index (χ0n) is 23.0. The zero-order chi connectivity index (χ0) is 29.1. The molecule has 0 amide bonds. The van der Waals surface area contributed by atoms with Crippen LogP contribution in [0.15, 0.2) is 71.8 Å². The van der Waals surface area contributed by atoms with Crippen molar-refractivity contribution >= 4 is 62.4 Å². The van der Waals surface area contributed by atoms with Gasteiger partial charge in [-0.2, -0.15) is 0 Å². The third-order valence-corrected chi connectivity index (χ3v) is 8.09. The minimum absolute atomic E-state index is 0.236. The summed E-state index contributed by atoms with van der Waals surface area (Å²) >= 11 is 12.4. The van der Waals surface area contributed by atoms with Crippen LogP contribution in [-0.4, -0.2) is 58.6 Å². The molecular formula is C30H30Cl2N4O4S. The fourth-order valence-electron chi connectivity index (χ4n) is 4.48. The van der Waals surface area contributed by atoms with Crippen LogP contribution in [0.25, 0.3) is 22.2 Å². The van der Waals surface area contributed by atoms with Gasteiger partial charge in [-0.05, 0) is 74.0 Å². The fourth-order valence-corrected chi connectivity index (χ4v) is 6.37. The Bertz CT molecular complexity index is 1590. The van der Waals surface area contributed by atoms with Crippen molar-refractivity contribution in [3.05, 3.63) is 76.9 Å². The average Bonchev–Trinajstić information content (AvgIpc) is 2.94. The van der Waals surface area contributed by atoms with E-state index in [2.05, 4.69) is 9.88 Å². The van der Waals surface area contributed by atoms with Crippen molar-refractivity contribution in [3.8, 4) is 11.4 Å². The summed E-state index contributed by atoms with van der Waals surface area (Å²) in [6.45, 7) is 8.07. The van der Waals surface area contributed by atoms with Crippen molar-refractivity contribution in [3.63, 3.8) is 0 Å². The van der Waals surface area contributed by atoms with Crippen molar-refractivity contribution in [1.29, 1.82) is 0 Å². The number of carbonyl (C=O) groups excluding carboxylic acids is 1. The van der Waals surface area contributed by atoms with E-state index in [1.165, 1.54) is 4.31 Å². The molecule has 0 radical (unpaired) electrons. The topological polar surface area (TPSA) is 84.9 Å². The van der Waals surface area contributed by atoms with Crippen molar-refractivity contribution in [1.82, 2.24) is 9.97 Å². The van der Waals surface area contributed by atoms with Gasteiger partial charge in [0.05, 0.1) is 23.8 Å². The van der Waals surface area contributed by atoms with Crippen molar-refractivity contribution in [2.75, 3.05) is 42.1 Å². The van der Waals surface area contributed by atoms with Crippen LogP contribution >= 0.6 is 23.2 Å². The predicted molar refractivity (Wildman–Crippen MR) is 164 cm³/mol. The molecule has 8 nitrogen and oxygen atoms in total. The Morgan fingerprint density at radius 1 is 1.00 bits per heavy atom. The molecule has 3 aromatic carbocycles. The molecule has 0 bridgehead atoms. The van der Waals surface area contributed by atoms with E-state index in [1.54, 1.807) is 45.2 Å². The molecule has 1 aromatic heterocycles. The van der Waals surface area contributed by atoms with Crippen LogP contribution in [-0.2, 0) is 25.3 Å². The summed E-state index contributed by atoms with van der Waals surface area (Å²) in [6.07, 6.45) is 1.77. The number of ether oxygens (including phenoxy) is 2. The summed E-state index contributed by atoms with van der Waals surface area (Å²) < 4.78 is 26.3. The van der Waals surface area contributed by atoms with Gasteiger partial charge >= 0.3 is 5.97 Å². The lowest BCUT2D eigenvalue weighted by Gasteiger charge is -2.27. The van der Waals surface area contributed by atoms with Crippen LogP contribution < -0.4 is 9.21 Å². The quantitative estimate of drug-likeness (QED) is 0.226. The number of hydrogen-bond acceptors (Lipinski definition) is 7. The summed E-state index contributed by atoms with van der Waals surface area (Å²) in [6, 6.07) is 18.2. The largest absolute Gasteiger partial charge is 0.459 e. The Morgan fingerprint density at radius 3 is 2.39 bits per heavy atom. The summed E-state index contributed by atoms with van der Waals surface area (Å²) in [5.74, 6) is 0.993. The fraction of sp³-hybridized carbons (Fsp3) is 0.300. The number of rotatable bonds is 7. The first-order valence-corrected chi connectivity index (χ1v) is 15.0. The molecule has 1 saturated heterocycles. The summed E-state index contributed by atoms with van der Waals surface area (Å²) in [7, 11) is -1.79. The van der Waals surface area contributed by atoms with Gasteiger partial charge in [-0.3, -0.25) is 9.10 Å². The van der Waals surface area contributed by atoms with Crippen LogP contribution in [0.1, 0.15) is 20.8 Å². The first-order valence-electron chi connectivity index (χ1n) is 13.1. The molecule has 214 valence electrons. The number of carbonyl (C=O) groups is 1. The Balaban J connectivity index is 1.47. The minimum Gasteiger partial charge on any atom is -0.459 e. The van der Waals surface area contributed by atoms with Gasteiger partial charge in [0.15, 0.2) is 16.8 Å². The number of nitrogens with zero attached hydrogens (tertiary/aromatic N) is 4. The number of aromatic nitrogens is 2. The average molecular weight is 614 g/mol. The van der Waals surface area contributed by atoms with Gasteiger partial charge < -0.3 is 14.4 Å². The third-order valence-electron chi connectivity index (χ3n) is 6.28. The first-order chi connectivity index (χ1) is 19.6. The Kier molecular flexibility index (Phi) is 8.79. The maximum Gasteiger partial charge on any atom is 0.327 e. The highest BCUT2D eigenvalue weighted by atomic mass is 35.5. The van der Waals surface area contributed by atoms with E-state index in [-0.39, 0.29) is 6.54 Å². The molecule has 0 spiro atoms. The van der Waals surface area contributed by atoms with Gasteiger partial charge in [0.2, 0.25) is 0 Å². The lowest BCUT2D eigenvalue weighted by molar-refractivity contribution is -0.152. The van der Waals surface area contributed by atoms with Crippen LogP contribution in [0.4, 0.5) is 11.5 Å². The lowest BCUT2D eigenvalue weighted by atomic mass is 10.1. The van der Waals surface area contributed by atoms with E-state index in [0.29, 0.717) is 39.7 Å². The molecule has 0 saturated carbocycles. The monoisotopic (exact) mass is 612 g/mol. The number of morpholine rings is 1. The van der Waals surface area contributed by atoms with Gasteiger partial charge in [-0.25, -0.2) is 14.2 Å². The molecule has 5 rings (SSSR count). The normalized spacial score (nSPS) is 14.6. The highest BCUT2D eigenvalue weighted by Crippen LogP contribution is 2.30. The number of anilines is 2. The molecule has 1 unspecified atom stereocenters. The molecule has 1 fully saturated rings. The second-order valence-corrected chi connectivity index (χ2v) is 12.8. The van der Waals surface area contributed by atoms with Crippen LogP contribution in [0.2, 0.25) is 10.0 Å². The van der Waals surface area contributed by atoms with E-state index in [0.717, 1.165) is 35.2 Å². The van der Waals surface area contributed by atoms with Crippen LogP contribution in [0, 0.1) is 0 Å². The summed E-state index contributed by atoms with van der Waals surface area (Å²) in [4.78, 5) is 24.7. The predicted octanol–water partition coefficient (Wildman–Crippen LogP) is 6.31. The molecule has 0 N–H and O–H groups in total. The second-order valence-electron chi connectivity index (χ2n) is 10.6. The van der Waals surface area contributed by atoms with Gasteiger partial charge in [-0.1, -0.05) is 41.4 Å². The van der Waals surface area contributed by atoms with E-state index >= 15 is 0 Å². The van der Waals surface area contributed by atoms with Crippen LogP contribution in [0.3, 0.4) is 0 Å². The van der Waals surface area contributed by atoms with E-state index in [9.17, 15) is 9.00 Å². The van der Waals surface area contributed by atoms with Gasteiger partial charge in [0, 0.05) is 34.9 Å². The van der Waals surface area contributed by atoms with Crippen molar-refractivity contribution in [2.24, 2.45) is 0 Å². The molecule has 1 aliphatic heterocycles. The Morgan fingerprint density at radius 2 is 1.68 bits per heavy atom. The van der Waals surface area contributed by atoms with Gasteiger partial charge in [-0.15, -0.1) is 0 Å². The number of hydrogen-bond donors (Lipinski definition) is 0. The lowest BCUT2D eigenvalue weighted by Crippen LogP contribution is -2.36. The summed E-state index contributed by atoms with van der Waals surface area (Å²) in [5, 5.41) is 2.54. The van der Waals surface area contributed by atoms with Gasteiger partial charge in [0.25, 0.3) is 0 Å². The minimum atomic E-state index is -1.79. The number of halogens is 2.